The molecular weight excluding hydrogens is 378 g/mol. The van der Waals surface area contributed by atoms with E-state index >= 15 is 0 Å². The number of anilines is 2. The summed E-state index contributed by atoms with van der Waals surface area (Å²) in [6, 6.07) is 17.2. The highest BCUT2D eigenvalue weighted by Gasteiger charge is 2.10. The van der Waals surface area contributed by atoms with Gasteiger partial charge in [-0.25, -0.2) is 0 Å². The SMILES string of the molecule is CCCCN(c1ccccc1)c1ccc(CBr)c(Br)c1. The van der Waals surface area contributed by atoms with Gasteiger partial charge in [0.05, 0.1) is 0 Å². The number of halogens is 2. The van der Waals surface area contributed by atoms with E-state index in [-0.39, 0.29) is 0 Å². The van der Waals surface area contributed by atoms with E-state index in [1.807, 2.05) is 0 Å². The summed E-state index contributed by atoms with van der Waals surface area (Å²) < 4.78 is 1.16. The Kier molecular flexibility index (Phi) is 6.11. The molecule has 2 aromatic rings. The molecular formula is C17H19Br2N. The van der Waals surface area contributed by atoms with Crippen molar-refractivity contribution in [3.63, 3.8) is 0 Å². The minimum atomic E-state index is 0.869. The molecule has 0 saturated carbocycles. The number of rotatable bonds is 6. The maximum Gasteiger partial charge on any atom is 0.0422 e. The lowest BCUT2D eigenvalue weighted by atomic mass is 10.1. The van der Waals surface area contributed by atoms with Crippen LogP contribution in [0.5, 0.6) is 0 Å². The molecule has 0 aliphatic heterocycles. The molecule has 20 heavy (non-hydrogen) atoms. The van der Waals surface area contributed by atoms with E-state index in [0.29, 0.717) is 0 Å². The van der Waals surface area contributed by atoms with E-state index in [9.17, 15) is 0 Å². The molecule has 0 aliphatic rings. The van der Waals surface area contributed by atoms with Crippen LogP contribution < -0.4 is 4.90 Å². The fourth-order valence-corrected chi connectivity index (χ4v) is 3.52. The second-order valence-electron chi connectivity index (χ2n) is 4.75. The first-order chi connectivity index (χ1) is 9.76. The summed E-state index contributed by atoms with van der Waals surface area (Å²) in [4.78, 5) is 2.38. The van der Waals surface area contributed by atoms with Crippen LogP contribution in [0, 0.1) is 0 Å². The van der Waals surface area contributed by atoms with Crippen LogP contribution in [0.25, 0.3) is 0 Å². The number of hydrogen-bond acceptors (Lipinski definition) is 1. The molecule has 0 N–H and O–H groups in total. The van der Waals surface area contributed by atoms with Crippen molar-refractivity contribution in [3.8, 4) is 0 Å². The van der Waals surface area contributed by atoms with Gasteiger partial charge in [0.1, 0.15) is 0 Å². The van der Waals surface area contributed by atoms with Crippen molar-refractivity contribution in [2.24, 2.45) is 0 Å². The van der Waals surface area contributed by atoms with Gasteiger partial charge in [-0.3, -0.25) is 0 Å². The number of para-hydroxylation sites is 1. The molecule has 0 saturated heterocycles. The first kappa shape index (κ1) is 15.6. The lowest BCUT2D eigenvalue weighted by Crippen LogP contribution is -2.18. The Morgan fingerprint density at radius 2 is 1.75 bits per heavy atom. The van der Waals surface area contributed by atoms with Crippen LogP contribution in [-0.4, -0.2) is 6.54 Å². The number of nitrogens with zero attached hydrogens (tertiary/aromatic N) is 1. The monoisotopic (exact) mass is 395 g/mol. The largest absolute Gasteiger partial charge is 0.341 e. The molecule has 0 aliphatic carbocycles. The molecule has 0 aromatic heterocycles. The summed E-state index contributed by atoms with van der Waals surface area (Å²) in [5.41, 5.74) is 3.76. The fourth-order valence-electron chi connectivity index (χ4n) is 2.14. The van der Waals surface area contributed by atoms with Gasteiger partial charge in [0, 0.05) is 27.7 Å². The standard InChI is InChI=1S/C17H19Br2N/c1-2-3-11-20(15-7-5-4-6-8-15)16-10-9-14(13-18)17(19)12-16/h4-10,12H,2-3,11,13H2,1H3. The van der Waals surface area contributed by atoms with Crippen molar-refractivity contribution in [2.45, 2.75) is 25.1 Å². The second kappa shape index (κ2) is 7.84. The minimum Gasteiger partial charge on any atom is -0.341 e. The number of benzene rings is 2. The van der Waals surface area contributed by atoms with Crippen molar-refractivity contribution >= 4 is 43.2 Å². The van der Waals surface area contributed by atoms with Crippen LogP contribution in [0.4, 0.5) is 11.4 Å². The first-order valence-corrected chi connectivity index (χ1v) is 8.84. The summed E-state index contributed by atoms with van der Waals surface area (Å²) in [5.74, 6) is 0. The van der Waals surface area contributed by atoms with Gasteiger partial charge in [0.15, 0.2) is 0 Å². The molecule has 0 radical (unpaired) electrons. The molecule has 106 valence electrons. The summed E-state index contributed by atoms with van der Waals surface area (Å²) in [6.45, 7) is 3.27. The van der Waals surface area contributed by atoms with Crippen molar-refractivity contribution in [1.29, 1.82) is 0 Å². The van der Waals surface area contributed by atoms with Crippen LogP contribution in [0.2, 0.25) is 0 Å². The third kappa shape index (κ3) is 3.86. The maximum absolute atomic E-state index is 3.66. The average molecular weight is 397 g/mol. The zero-order valence-electron chi connectivity index (χ0n) is 11.7. The van der Waals surface area contributed by atoms with Crippen molar-refractivity contribution < 1.29 is 0 Å². The topological polar surface area (TPSA) is 3.24 Å². The summed E-state index contributed by atoms with van der Waals surface area (Å²) in [5, 5.41) is 0.869. The first-order valence-electron chi connectivity index (χ1n) is 6.93. The molecule has 0 heterocycles. The highest BCUT2D eigenvalue weighted by Crippen LogP contribution is 2.30. The van der Waals surface area contributed by atoms with E-state index < -0.39 is 0 Å². The van der Waals surface area contributed by atoms with Gasteiger partial charge in [-0.05, 0) is 36.2 Å². The van der Waals surface area contributed by atoms with Crippen molar-refractivity contribution in [1.82, 2.24) is 0 Å². The lowest BCUT2D eigenvalue weighted by molar-refractivity contribution is 0.785. The molecule has 0 fully saturated rings. The van der Waals surface area contributed by atoms with Crippen LogP contribution in [-0.2, 0) is 5.33 Å². The predicted molar refractivity (Wildman–Crippen MR) is 95.1 cm³/mol. The van der Waals surface area contributed by atoms with Gasteiger partial charge < -0.3 is 4.90 Å². The van der Waals surface area contributed by atoms with Gasteiger partial charge in [-0.15, -0.1) is 0 Å². The zero-order valence-corrected chi connectivity index (χ0v) is 14.8. The molecule has 0 atom stereocenters. The number of unbranched alkanes of at least 4 members (excludes halogenated alkanes) is 1. The quantitative estimate of drug-likeness (QED) is 0.519. The Morgan fingerprint density at radius 1 is 1.00 bits per heavy atom. The Bertz CT molecular complexity index is 540. The van der Waals surface area contributed by atoms with Gasteiger partial charge in [-0.1, -0.05) is 69.5 Å². The Labute approximate surface area is 138 Å². The van der Waals surface area contributed by atoms with Crippen molar-refractivity contribution in [3.05, 3.63) is 58.6 Å². The maximum atomic E-state index is 3.66. The highest BCUT2D eigenvalue weighted by atomic mass is 79.9. The van der Waals surface area contributed by atoms with E-state index in [1.54, 1.807) is 0 Å². The Hall–Kier alpha value is -0.800. The predicted octanol–water partition coefficient (Wildman–Crippen LogP) is 6.28. The van der Waals surface area contributed by atoms with Gasteiger partial charge in [0.25, 0.3) is 0 Å². The van der Waals surface area contributed by atoms with Gasteiger partial charge in [0.2, 0.25) is 0 Å². The molecule has 0 amide bonds. The number of alkyl halides is 1. The Morgan fingerprint density at radius 3 is 2.35 bits per heavy atom. The molecule has 2 aromatic carbocycles. The lowest BCUT2D eigenvalue weighted by Gasteiger charge is -2.25. The fraction of sp³-hybridized carbons (Fsp3) is 0.294. The molecule has 0 spiro atoms. The summed E-state index contributed by atoms with van der Waals surface area (Å²) in [7, 11) is 0. The molecule has 1 nitrogen and oxygen atoms in total. The van der Waals surface area contributed by atoms with Crippen LogP contribution in [0.15, 0.2) is 53.0 Å². The average Bonchev–Trinajstić information content (AvgIpc) is 2.49. The number of hydrogen-bond donors (Lipinski definition) is 0. The molecule has 3 heteroatoms. The third-order valence-corrected chi connectivity index (χ3v) is 4.64. The minimum absolute atomic E-state index is 0.869. The second-order valence-corrected chi connectivity index (χ2v) is 6.17. The van der Waals surface area contributed by atoms with Gasteiger partial charge >= 0.3 is 0 Å². The van der Waals surface area contributed by atoms with Gasteiger partial charge in [-0.2, -0.15) is 0 Å². The van der Waals surface area contributed by atoms with Crippen LogP contribution >= 0.6 is 31.9 Å². The third-order valence-electron chi connectivity index (χ3n) is 3.30. The van der Waals surface area contributed by atoms with E-state index in [2.05, 4.69) is 92.2 Å². The van der Waals surface area contributed by atoms with Crippen molar-refractivity contribution in [2.75, 3.05) is 11.4 Å². The zero-order chi connectivity index (χ0) is 14.4. The summed E-state index contributed by atoms with van der Waals surface area (Å²) in [6.07, 6.45) is 2.39. The normalized spacial score (nSPS) is 10.6. The van der Waals surface area contributed by atoms with E-state index in [1.165, 1.54) is 29.8 Å². The molecule has 0 bridgehead atoms. The highest BCUT2D eigenvalue weighted by molar-refractivity contribution is 9.10. The van der Waals surface area contributed by atoms with E-state index in [0.717, 1.165) is 16.3 Å². The smallest absolute Gasteiger partial charge is 0.0422 e. The molecule has 0 unspecified atom stereocenters. The Balaban J connectivity index is 2.33. The molecule has 2 rings (SSSR count). The summed E-state index contributed by atoms with van der Waals surface area (Å²) >= 11 is 7.17. The van der Waals surface area contributed by atoms with Crippen LogP contribution in [0.1, 0.15) is 25.3 Å². The van der Waals surface area contributed by atoms with Crippen LogP contribution in [0.3, 0.4) is 0 Å². The van der Waals surface area contributed by atoms with E-state index in [4.69, 9.17) is 0 Å².